The van der Waals surface area contributed by atoms with E-state index in [0.717, 1.165) is 12.6 Å². The third-order valence-electron chi connectivity index (χ3n) is 4.53. The summed E-state index contributed by atoms with van der Waals surface area (Å²) >= 11 is 0. The predicted octanol–water partition coefficient (Wildman–Crippen LogP) is 3.50. The topological polar surface area (TPSA) is 21.3 Å². The maximum atomic E-state index is 6.02. The number of hydrogen-bond donors (Lipinski definition) is 1. The van der Waals surface area contributed by atoms with Gasteiger partial charge >= 0.3 is 0 Å². The van der Waals surface area contributed by atoms with E-state index in [1.165, 1.54) is 38.5 Å². The second kappa shape index (κ2) is 4.89. The maximum Gasteiger partial charge on any atom is 0.0707 e. The maximum absolute atomic E-state index is 6.02. The summed E-state index contributed by atoms with van der Waals surface area (Å²) in [6.45, 7) is 10.2. The molecule has 0 spiro atoms. The van der Waals surface area contributed by atoms with Crippen LogP contribution in [0.4, 0.5) is 0 Å². The lowest BCUT2D eigenvalue weighted by Gasteiger charge is -2.35. The number of rotatable bonds is 3. The van der Waals surface area contributed by atoms with Gasteiger partial charge < -0.3 is 10.1 Å². The summed E-state index contributed by atoms with van der Waals surface area (Å²) in [7, 11) is 0. The number of nitrogens with one attached hydrogen (secondary N) is 1. The zero-order valence-electron chi connectivity index (χ0n) is 12.0. The van der Waals surface area contributed by atoms with E-state index >= 15 is 0 Å². The summed E-state index contributed by atoms with van der Waals surface area (Å²) in [5.41, 5.74) is 0.685. The molecule has 1 atom stereocenters. The molecule has 2 heteroatoms. The molecule has 100 valence electrons. The Kier molecular flexibility index (Phi) is 3.84. The van der Waals surface area contributed by atoms with Crippen molar-refractivity contribution in [2.45, 2.75) is 84.0 Å². The van der Waals surface area contributed by atoms with Crippen LogP contribution >= 0.6 is 0 Å². The molecule has 1 N–H and O–H groups in total. The smallest absolute Gasteiger partial charge is 0.0707 e. The fraction of sp³-hybridized carbons (Fsp3) is 1.00. The van der Waals surface area contributed by atoms with E-state index < -0.39 is 0 Å². The lowest BCUT2D eigenvalue weighted by Crippen LogP contribution is -2.40. The van der Waals surface area contributed by atoms with Gasteiger partial charge in [0.1, 0.15) is 0 Å². The Labute approximate surface area is 107 Å². The fourth-order valence-corrected chi connectivity index (χ4v) is 3.12. The SMILES string of the molecule is CC1(C)CCC(NCC2CCC(C)(C)O2)CC1. The number of hydrogen-bond acceptors (Lipinski definition) is 2. The standard InChI is InChI=1S/C15H29NO/c1-14(2)8-5-12(6-9-14)16-11-13-7-10-15(3,4)17-13/h12-13,16H,5-11H2,1-4H3. The van der Waals surface area contributed by atoms with Gasteiger partial charge in [0.15, 0.2) is 0 Å². The van der Waals surface area contributed by atoms with Gasteiger partial charge in [0.25, 0.3) is 0 Å². The highest BCUT2D eigenvalue weighted by Crippen LogP contribution is 2.35. The molecule has 2 rings (SSSR count). The molecule has 0 amide bonds. The molecule has 2 nitrogen and oxygen atoms in total. The first-order valence-corrected chi connectivity index (χ1v) is 7.28. The molecule has 0 radical (unpaired) electrons. The van der Waals surface area contributed by atoms with Gasteiger partial charge in [0.05, 0.1) is 11.7 Å². The molecule has 1 unspecified atom stereocenters. The summed E-state index contributed by atoms with van der Waals surface area (Å²) in [5.74, 6) is 0. The second-order valence-electron chi connectivity index (χ2n) is 7.38. The van der Waals surface area contributed by atoms with Crippen molar-refractivity contribution in [3.63, 3.8) is 0 Å². The van der Waals surface area contributed by atoms with Crippen molar-refractivity contribution < 1.29 is 4.74 Å². The van der Waals surface area contributed by atoms with Crippen LogP contribution < -0.4 is 5.32 Å². The molecule has 0 aromatic heterocycles. The van der Waals surface area contributed by atoms with Crippen LogP contribution in [0.25, 0.3) is 0 Å². The first kappa shape index (κ1) is 13.4. The molecule has 1 heterocycles. The average Bonchev–Trinajstić information content (AvgIpc) is 2.57. The highest BCUT2D eigenvalue weighted by atomic mass is 16.5. The van der Waals surface area contributed by atoms with Crippen molar-refractivity contribution in [2.75, 3.05) is 6.54 Å². The summed E-state index contributed by atoms with van der Waals surface area (Å²) in [4.78, 5) is 0. The van der Waals surface area contributed by atoms with Crippen molar-refractivity contribution in [2.24, 2.45) is 5.41 Å². The third-order valence-corrected chi connectivity index (χ3v) is 4.53. The van der Waals surface area contributed by atoms with Gasteiger partial charge in [-0.3, -0.25) is 0 Å². The van der Waals surface area contributed by atoms with E-state index in [2.05, 4.69) is 33.0 Å². The normalized spacial score (nSPS) is 32.8. The first-order valence-electron chi connectivity index (χ1n) is 7.28. The molecular formula is C15H29NO. The van der Waals surface area contributed by atoms with Gasteiger partial charge in [0.2, 0.25) is 0 Å². The second-order valence-corrected chi connectivity index (χ2v) is 7.38. The van der Waals surface area contributed by atoms with Crippen molar-refractivity contribution in [3.8, 4) is 0 Å². The molecule has 2 aliphatic rings. The van der Waals surface area contributed by atoms with Gasteiger partial charge in [-0.25, -0.2) is 0 Å². The largest absolute Gasteiger partial charge is 0.371 e. The molecule has 0 aromatic carbocycles. The van der Waals surface area contributed by atoms with Crippen molar-refractivity contribution in [3.05, 3.63) is 0 Å². The monoisotopic (exact) mass is 239 g/mol. The molecule has 0 bridgehead atoms. The van der Waals surface area contributed by atoms with E-state index in [9.17, 15) is 0 Å². The minimum atomic E-state index is 0.112. The van der Waals surface area contributed by atoms with Gasteiger partial charge in [-0.2, -0.15) is 0 Å². The van der Waals surface area contributed by atoms with E-state index in [0.29, 0.717) is 11.5 Å². The van der Waals surface area contributed by atoms with Gasteiger partial charge in [0, 0.05) is 12.6 Å². The molecule has 1 saturated heterocycles. The first-order chi connectivity index (χ1) is 7.86. The summed E-state index contributed by atoms with van der Waals surface area (Å²) in [5, 5.41) is 3.71. The summed E-state index contributed by atoms with van der Waals surface area (Å²) in [6.07, 6.45) is 8.27. The van der Waals surface area contributed by atoms with Crippen LogP contribution in [0.5, 0.6) is 0 Å². The molecular weight excluding hydrogens is 210 g/mol. The van der Waals surface area contributed by atoms with Gasteiger partial charge in [-0.15, -0.1) is 0 Å². The third kappa shape index (κ3) is 3.96. The molecule has 2 fully saturated rings. The van der Waals surface area contributed by atoms with Gasteiger partial charge in [-0.05, 0) is 57.8 Å². The van der Waals surface area contributed by atoms with Crippen LogP contribution in [-0.2, 0) is 4.74 Å². The van der Waals surface area contributed by atoms with Crippen LogP contribution in [0.15, 0.2) is 0 Å². The Balaban J connectivity index is 1.67. The molecule has 1 saturated carbocycles. The van der Waals surface area contributed by atoms with Crippen LogP contribution in [0.3, 0.4) is 0 Å². The minimum absolute atomic E-state index is 0.112. The minimum Gasteiger partial charge on any atom is -0.371 e. The highest BCUT2D eigenvalue weighted by molar-refractivity contribution is 4.85. The predicted molar refractivity (Wildman–Crippen MR) is 72.2 cm³/mol. The quantitative estimate of drug-likeness (QED) is 0.814. The zero-order chi connectivity index (χ0) is 12.5. The van der Waals surface area contributed by atoms with Crippen LogP contribution in [0, 0.1) is 5.41 Å². The molecule has 1 aliphatic carbocycles. The Morgan fingerprint density at radius 1 is 1.00 bits per heavy atom. The van der Waals surface area contributed by atoms with Crippen molar-refractivity contribution >= 4 is 0 Å². The van der Waals surface area contributed by atoms with Crippen LogP contribution in [-0.4, -0.2) is 24.3 Å². The van der Waals surface area contributed by atoms with Crippen LogP contribution in [0.1, 0.15) is 66.2 Å². The highest BCUT2D eigenvalue weighted by Gasteiger charge is 2.32. The summed E-state index contributed by atoms with van der Waals surface area (Å²) < 4.78 is 6.02. The average molecular weight is 239 g/mol. The fourth-order valence-electron chi connectivity index (χ4n) is 3.12. The Bertz CT molecular complexity index is 250. The summed E-state index contributed by atoms with van der Waals surface area (Å²) in [6, 6.07) is 0.732. The van der Waals surface area contributed by atoms with E-state index in [1.54, 1.807) is 0 Å². The number of ether oxygens (including phenoxy) is 1. The van der Waals surface area contributed by atoms with E-state index in [4.69, 9.17) is 4.74 Å². The van der Waals surface area contributed by atoms with Gasteiger partial charge in [-0.1, -0.05) is 13.8 Å². The Hall–Kier alpha value is -0.0800. The van der Waals surface area contributed by atoms with E-state index in [-0.39, 0.29) is 5.60 Å². The Morgan fingerprint density at radius 3 is 2.18 bits per heavy atom. The lowest BCUT2D eigenvalue weighted by molar-refractivity contribution is -0.0159. The van der Waals surface area contributed by atoms with Crippen LogP contribution in [0.2, 0.25) is 0 Å². The molecule has 1 aliphatic heterocycles. The zero-order valence-corrected chi connectivity index (χ0v) is 12.0. The molecule has 0 aromatic rings. The Morgan fingerprint density at radius 2 is 1.65 bits per heavy atom. The van der Waals surface area contributed by atoms with Crippen molar-refractivity contribution in [1.82, 2.24) is 5.32 Å². The lowest BCUT2D eigenvalue weighted by atomic mass is 9.75. The van der Waals surface area contributed by atoms with Crippen molar-refractivity contribution in [1.29, 1.82) is 0 Å². The van der Waals surface area contributed by atoms with E-state index in [1.807, 2.05) is 0 Å². The molecule has 17 heavy (non-hydrogen) atoms.